The summed E-state index contributed by atoms with van der Waals surface area (Å²) in [6.07, 6.45) is 0. The van der Waals surface area contributed by atoms with Crippen molar-refractivity contribution in [1.29, 1.82) is 5.26 Å². The molecule has 1 saturated heterocycles. The first kappa shape index (κ1) is 13.3. The van der Waals surface area contributed by atoms with Gasteiger partial charge in [0.05, 0.1) is 17.5 Å². The Balaban J connectivity index is 2.20. The predicted molar refractivity (Wildman–Crippen MR) is 68.9 cm³/mol. The fourth-order valence-electron chi connectivity index (χ4n) is 2.42. The largest absolute Gasteiger partial charge is 0.349 e. The van der Waals surface area contributed by atoms with E-state index in [0.29, 0.717) is 31.1 Å². The summed E-state index contributed by atoms with van der Waals surface area (Å²) >= 11 is 0. The van der Waals surface area contributed by atoms with Crippen LogP contribution in [-0.2, 0) is 7.05 Å². The van der Waals surface area contributed by atoms with Crippen LogP contribution in [0.25, 0.3) is 0 Å². The Bertz CT molecular complexity index is 524. The van der Waals surface area contributed by atoms with Gasteiger partial charge in [0.1, 0.15) is 5.69 Å². The molecule has 2 heterocycles. The number of aryl methyl sites for hydroxylation is 2. The van der Waals surface area contributed by atoms with Crippen LogP contribution >= 0.6 is 0 Å². The molecule has 0 amide bonds. The van der Waals surface area contributed by atoms with Gasteiger partial charge in [-0.25, -0.2) is 4.68 Å². The third-order valence-corrected chi connectivity index (χ3v) is 3.31. The molecule has 102 valence electrons. The number of piperazine rings is 1. The van der Waals surface area contributed by atoms with Crippen molar-refractivity contribution in [3.63, 3.8) is 0 Å². The Morgan fingerprint density at radius 2 is 2.05 bits per heavy atom. The molecule has 1 aromatic heterocycles. The van der Waals surface area contributed by atoms with Crippen LogP contribution in [0.15, 0.2) is 0 Å². The summed E-state index contributed by atoms with van der Waals surface area (Å²) < 4.78 is 1.56. The zero-order valence-corrected chi connectivity index (χ0v) is 11.0. The highest BCUT2D eigenvalue weighted by Gasteiger charge is 2.30. The molecule has 2 rings (SSSR count). The number of nitro groups is 1. The van der Waals surface area contributed by atoms with Crippen molar-refractivity contribution >= 4 is 11.5 Å². The maximum atomic E-state index is 11.1. The Labute approximate surface area is 111 Å². The van der Waals surface area contributed by atoms with E-state index in [1.54, 1.807) is 18.7 Å². The molecule has 8 heteroatoms. The first-order valence-electron chi connectivity index (χ1n) is 6.07. The second-order valence-electron chi connectivity index (χ2n) is 4.56. The number of rotatable bonds is 3. The van der Waals surface area contributed by atoms with Crippen molar-refractivity contribution < 1.29 is 4.92 Å². The van der Waals surface area contributed by atoms with Crippen molar-refractivity contribution in [2.45, 2.75) is 6.92 Å². The molecule has 1 fully saturated rings. The fraction of sp³-hybridized carbons (Fsp3) is 0.636. The molecule has 1 aliphatic heterocycles. The minimum absolute atomic E-state index is 0.0798. The van der Waals surface area contributed by atoms with Crippen LogP contribution in [0.4, 0.5) is 11.5 Å². The fourth-order valence-corrected chi connectivity index (χ4v) is 2.42. The molecule has 1 aliphatic rings. The quantitative estimate of drug-likeness (QED) is 0.442. The van der Waals surface area contributed by atoms with Crippen molar-refractivity contribution in [3.8, 4) is 6.07 Å². The Morgan fingerprint density at radius 1 is 1.42 bits per heavy atom. The van der Waals surface area contributed by atoms with Crippen molar-refractivity contribution in [2.75, 3.05) is 37.6 Å². The summed E-state index contributed by atoms with van der Waals surface area (Å²) in [6, 6.07) is 2.12. The number of nitrogens with zero attached hydrogens (tertiary/aromatic N) is 6. The lowest BCUT2D eigenvalue weighted by molar-refractivity contribution is -0.384. The Hall–Kier alpha value is -2.14. The normalized spacial score (nSPS) is 16.4. The second kappa shape index (κ2) is 5.24. The molecular weight excluding hydrogens is 248 g/mol. The maximum absolute atomic E-state index is 11.1. The molecule has 0 bridgehead atoms. The minimum Gasteiger partial charge on any atom is -0.349 e. The van der Waals surface area contributed by atoms with Gasteiger partial charge in [0, 0.05) is 33.2 Å². The monoisotopic (exact) mass is 264 g/mol. The molecule has 19 heavy (non-hydrogen) atoms. The summed E-state index contributed by atoms with van der Waals surface area (Å²) in [6.45, 7) is 4.85. The number of hydrogen-bond acceptors (Lipinski definition) is 6. The first-order chi connectivity index (χ1) is 9.04. The van der Waals surface area contributed by atoms with E-state index in [-0.39, 0.29) is 10.6 Å². The molecular formula is C11H16N6O2. The zero-order chi connectivity index (χ0) is 14.0. The van der Waals surface area contributed by atoms with Gasteiger partial charge in [0.2, 0.25) is 5.82 Å². The van der Waals surface area contributed by atoms with Crippen LogP contribution in [0.2, 0.25) is 0 Å². The van der Waals surface area contributed by atoms with Crippen molar-refractivity contribution in [2.24, 2.45) is 7.05 Å². The van der Waals surface area contributed by atoms with E-state index in [1.807, 2.05) is 9.80 Å². The molecule has 0 N–H and O–H groups in total. The van der Waals surface area contributed by atoms with Gasteiger partial charge in [-0.1, -0.05) is 0 Å². The average Bonchev–Trinajstić information content (AvgIpc) is 2.66. The van der Waals surface area contributed by atoms with Gasteiger partial charge in [-0.05, 0) is 6.92 Å². The highest BCUT2D eigenvalue weighted by Crippen LogP contribution is 2.31. The van der Waals surface area contributed by atoms with Crippen LogP contribution in [0.3, 0.4) is 0 Å². The van der Waals surface area contributed by atoms with Gasteiger partial charge in [-0.3, -0.25) is 15.0 Å². The van der Waals surface area contributed by atoms with Gasteiger partial charge >= 0.3 is 5.69 Å². The first-order valence-corrected chi connectivity index (χ1v) is 6.07. The minimum atomic E-state index is -0.376. The van der Waals surface area contributed by atoms with Crippen LogP contribution in [-0.4, -0.2) is 52.3 Å². The molecule has 0 radical (unpaired) electrons. The highest BCUT2D eigenvalue weighted by atomic mass is 16.6. The van der Waals surface area contributed by atoms with Crippen LogP contribution < -0.4 is 4.90 Å². The number of anilines is 1. The summed E-state index contributed by atoms with van der Waals surface area (Å²) in [5.41, 5.74) is 0.512. The SMILES string of the molecule is Cc1nn(C)c(N2CCN(CC#N)CC2)c1[N+](=O)[O-]. The summed E-state index contributed by atoms with van der Waals surface area (Å²) in [5, 5.41) is 23.9. The molecule has 0 aromatic carbocycles. The van der Waals surface area contributed by atoms with E-state index < -0.39 is 0 Å². The van der Waals surface area contributed by atoms with Gasteiger partial charge in [-0.15, -0.1) is 0 Å². The highest BCUT2D eigenvalue weighted by molar-refractivity contribution is 5.61. The molecule has 0 spiro atoms. The van der Waals surface area contributed by atoms with E-state index in [9.17, 15) is 10.1 Å². The molecule has 0 saturated carbocycles. The number of aromatic nitrogens is 2. The average molecular weight is 264 g/mol. The van der Waals surface area contributed by atoms with Gasteiger partial charge in [-0.2, -0.15) is 10.4 Å². The van der Waals surface area contributed by atoms with Gasteiger partial charge in [0.25, 0.3) is 0 Å². The molecule has 1 aromatic rings. The third kappa shape index (κ3) is 2.51. The topological polar surface area (TPSA) is 91.2 Å². The molecule has 0 aliphatic carbocycles. The number of nitriles is 1. The van der Waals surface area contributed by atoms with Crippen molar-refractivity contribution in [1.82, 2.24) is 14.7 Å². The Morgan fingerprint density at radius 3 is 2.58 bits per heavy atom. The lowest BCUT2D eigenvalue weighted by atomic mass is 10.3. The summed E-state index contributed by atoms with van der Waals surface area (Å²) in [7, 11) is 1.72. The lowest BCUT2D eigenvalue weighted by Crippen LogP contribution is -2.47. The zero-order valence-electron chi connectivity index (χ0n) is 11.0. The Kier molecular flexibility index (Phi) is 3.66. The predicted octanol–water partition coefficient (Wildman–Crippen LogP) is 0.282. The van der Waals surface area contributed by atoms with E-state index >= 15 is 0 Å². The lowest BCUT2D eigenvalue weighted by Gasteiger charge is -2.33. The van der Waals surface area contributed by atoms with E-state index in [0.717, 1.165) is 13.1 Å². The van der Waals surface area contributed by atoms with E-state index in [2.05, 4.69) is 11.2 Å². The maximum Gasteiger partial charge on any atom is 0.333 e. The van der Waals surface area contributed by atoms with Crippen LogP contribution in [0.5, 0.6) is 0 Å². The standard InChI is InChI=1S/C11H16N6O2/c1-9-10(17(18)19)11(14(2)13-9)16-7-5-15(4-3-12)6-8-16/h4-8H2,1-2H3. The number of hydrogen-bond donors (Lipinski definition) is 0. The van der Waals surface area contributed by atoms with Crippen molar-refractivity contribution in [3.05, 3.63) is 15.8 Å². The third-order valence-electron chi connectivity index (χ3n) is 3.31. The van der Waals surface area contributed by atoms with E-state index in [4.69, 9.17) is 5.26 Å². The summed E-state index contributed by atoms with van der Waals surface area (Å²) in [4.78, 5) is 14.8. The molecule has 0 unspecified atom stereocenters. The molecule has 0 atom stereocenters. The summed E-state index contributed by atoms with van der Waals surface area (Å²) in [5.74, 6) is 0.555. The second-order valence-corrected chi connectivity index (χ2v) is 4.56. The van der Waals surface area contributed by atoms with Gasteiger partial charge in [0.15, 0.2) is 0 Å². The van der Waals surface area contributed by atoms with E-state index in [1.165, 1.54) is 0 Å². The van der Waals surface area contributed by atoms with Crippen LogP contribution in [0, 0.1) is 28.4 Å². The smallest absolute Gasteiger partial charge is 0.333 e. The van der Waals surface area contributed by atoms with Gasteiger partial charge < -0.3 is 4.90 Å². The molecule has 8 nitrogen and oxygen atoms in total. The van der Waals surface area contributed by atoms with Crippen LogP contribution in [0.1, 0.15) is 5.69 Å².